The van der Waals surface area contributed by atoms with Crippen LogP contribution in [0.2, 0.25) is 0 Å². The van der Waals surface area contributed by atoms with E-state index >= 15 is 0 Å². The van der Waals surface area contributed by atoms with Gasteiger partial charge in [-0.05, 0) is 31.9 Å². The molecular weight excluding hydrogens is 316 g/mol. The molecule has 2 aromatic rings. The Balaban J connectivity index is 1.96. The van der Waals surface area contributed by atoms with Crippen molar-refractivity contribution >= 4 is 10.0 Å². The summed E-state index contributed by atoms with van der Waals surface area (Å²) < 4.78 is 27.3. The van der Waals surface area contributed by atoms with Gasteiger partial charge < -0.3 is 0 Å². The molecular formula is C15H20N4O3S. The van der Waals surface area contributed by atoms with E-state index in [-0.39, 0.29) is 17.4 Å². The van der Waals surface area contributed by atoms with Gasteiger partial charge in [-0.1, -0.05) is 18.2 Å². The lowest BCUT2D eigenvalue weighted by Crippen LogP contribution is -2.40. The first-order chi connectivity index (χ1) is 11.0. The van der Waals surface area contributed by atoms with Gasteiger partial charge in [0.25, 0.3) is 0 Å². The number of hydrogen-bond acceptors (Lipinski definition) is 4. The fourth-order valence-corrected chi connectivity index (χ4v) is 4.18. The Morgan fingerprint density at radius 1 is 1.30 bits per heavy atom. The quantitative estimate of drug-likeness (QED) is 0.905. The lowest BCUT2D eigenvalue weighted by atomic mass is 9.98. The molecule has 1 aliphatic rings. The van der Waals surface area contributed by atoms with Gasteiger partial charge in [0.1, 0.15) is 5.82 Å². The molecule has 8 heteroatoms. The monoisotopic (exact) mass is 336 g/mol. The maximum absolute atomic E-state index is 12.1. The summed E-state index contributed by atoms with van der Waals surface area (Å²) in [4.78, 5) is 12.1. The normalized spacial score (nSPS) is 19.8. The minimum Gasteiger partial charge on any atom is -0.247 e. The Morgan fingerprint density at radius 2 is 2.04 bits per heavy atom. The Hall–Kier alpha value is -1.93. The van der Waals surface area contributed by atoms with Crippen molar-refractivity contribution in [2.45, 2.75) is 25.7 Å². The fourth-order valence-electron chi connectivity index (χ4n) is 3.00. The molecule has 0 radical (unpaired) electrons. The molecule has 1 aromatic heterocycles. The first-order valence-corrected chi connectivity index (χ1v) is 9.34. The van der Waals surface area contributed by atoms with Gasteiger partial charge in [0.05, 0.1) is 11.4 Å². The summed E-state index contributed by atoms with van der Waals surface area (Å²) in [5.41, 5.74) is 0.429. The lowest BCUT2D eigenvalue weighted by Gasteiger charge is -2.31. The summed E-state index contributed by atoms with van der Waals surface area (Å²) in [6.45, 7) is 2.55. The molecule has 23 heavy (non-hydrogen) atoms. The third-order valence-electron chi connectivity index (χ3n) is 4.22. The third-order valence-corrected chi connectivity index (χ3v) is 6.07. The second-order valence-corrected chi connectivity index (χ2v) is 7.91. The number of aromatic amines is 1. The topological polar surface area (TPSA) is 88.1 Å². The predicted octanol–water partition coefficient (Wildman–Crippen LogP) is 1.09. The van der Waals surface area contributed by atoms with E-state index in [0.717, 1.165) is 18.5 Å². The number of hydrogen-bond donors (Lipinski definition) is 1. The average molecular weight is 336 g/mol. The standard InChI is InChI=1S/C15H20N4O3S/c1-2-23(21,22)18-10-6-7-12(11-18)14-16-17-15(20)19(14)13-8-4-3-5-9-13/h3-5,8-9,12H,2,6-7,10-11H2,1H3,(H,17,20)/t12-/m1/s1. The van der Waals surface area contributed by atoms with E-state index in [0.29, 0.717) is 18.9 Å². The van der Waals surface area contributed by atoms with Crippen LogP contribution in [0, 0.1) is 0 Å². The molecule has 124 valence electrons. The molecule has 1 aliphatic heterocycles. The molecule has 0 unspecified atom stereocenters. The van der Waals surface area contributed by atoms with Crippen molar-refractivity contribution < 1.29 is 8.42 Å². The molecule has 1 saturated heterocycles. The van der Waals surface area contributed by atoms with E-state index in [1.54, 1.807) is 6.92 Å². The van der Waals surface area contributed by atoms with Gasteiger partial charge >= 0.3 is 5.69 Å². The van der Waals surface area contributed by atoms with Crippen LogP contribution in [0.1, 0.15) is 31.5 Å². The van der Waals surface area contributed by atoms with Gasteiger partial charge in [0.2, 0.25) is 10.0 Å². The van der Waals surface area contributed by atoms with Crippen molar-refractivity contribution in [2.75, 3.05) is 18.8 Å². The SMILES string of the molecule is CCS(=O)(=O)N1CCC[C@@H](c2n[nH]c(=O)n2-c2ccccc2)C1. The molecule has 3 rings (SSSR count). The van der Waals surface area contributed by atoms with Crippen LogP contribution in [0.25, 0.3) is 5.69 Å². The van der Waals surface area contributed by atoms with Crippen LogP contribution in [0.15, 0.2) is 35.1 Å². The number of nitrogens with zero attached hydrogens (tertiary/aromatic N) is 3. The Kier molecular flexibility index (Phi) is 4.36. The summed E-state index contributed by atoms with van der Waals surface area (Å²) in [5.74, 6) is 0.590. The number of piperidine rings is 1. The van der Waals surface area contributed by atoms with E-state index < -0.39 is 10.0 Å². The number of aromatic nitrogens is 3. The van der Waals surface area contributed by atoms with Crippen molar-refractivity contribution in [1.82, 2.24) is 19.1 Å². The van der Waals surface area contributed by atoms with Crippen molar-refractivity contribution in [3.05, 3.63) is 46.6 Å². The zero-order valence-electron chi connectivity index (χ0n) is 13.0. The molecule has 1 N–H and O–H groups in total. The van der Waals surface area contributed by atoms with Gasteiger partial charge in [-0.2, -0.15) is 5.10 Å². The molecule has 0 amide bonds. The number of benzene rings is 1. The summed E-state index contributed by atoms with van der Waals surface area (Å²) in [6.07, 6.45) is 1.58. The number of para-hydroxylation sites is 1. The van der Waals surface area contributed by atoms with Gasteiger partial charge in [0.15, 0.2) is 0 Å². The third kappa shape index (κ3) is 3.09. The number of sulfonamides is 1. The van der Waals surface area contributed by atoms with Crippen LogP contribution in [-0.4, -0.2) is 46.3 Å². The van der Waals surface area contributed by atoms with E-state index in [2.05, 4.69) is 10.2 Å². The maximum Gasteiger partial charge on any atom is 0.347 e. The number of nitrogens with one attached hydrogen (secondary N) is 1. The van der Waals surface area contributed by atoms with E-state index in [1.807, 2.05) is 30.3 Å². The molecule has 7 nitrogen and oxygen atoms in total. The lowest BCUT2D eigenvalue weighted by molar-refractivity contribution is 0.308. The van der Waals surface area contributed by atoms with Gasteiger partial charge in [-0.3, -0.25) is 0 Å². The molecule has 1 fully saturated rings. The van der Waals surface area contributed by atoms with Crippen LogP contribution in [0.4, 0.5) is 0 Å². The smallest absolute Gasteiger partial charge is 0.247 e. The highest BCUT2D eigenvalue weighted by Crippen LogP contribution is 2.27. The molecule has 0 aliphatic carbocycles. The summed E-state index contributed by atoms with van der Waals surface area (Å²) in [6, 6.07) is 9.26. The second-order valence-electron chi connectivity index (χ2n) is 5.66. The molecule has 0 bridgehead atoms. The van der Waals surface area contributed by atoms with Crippen molar-refractivity contribution in [2.24, 2.45) is 0 Å². The number of rotatable bonds is 4. The Morgan fingerprint density at radius 3 is 2.74 bits per heavy atom. The Bertz CT molecular complexity index is 826. The minimum atomic E-state index is -3.22. The zero-order chi connectivity index (χ0) is 16.4. The maximum atomic E-state index is 12.1. The zero-order valence-corrected chi connectivity index (χ0v) is 13.8. The van der Waals surface area contributed by atoms with Gasteiger partial charge in [0, 0.05) is 19.0 Å². The van der Waals surface area contributed by atoms with Crippen molar-refractivity contribution in [3.8, 4) is 5.69 Å². The van der Waals surface area contributed by atoms with E-state index in [1.165, 1.54) is 8.87 Å². The highest BCUT2D eigenvalue weighted by molar-refractivity contribution is 7.89. The predicted molar refractivity (Wildman–Crippen MR) is 87.2 cm³/mol. The van der Waals surface area contributed by atoms with Gasteiger partial charge in [-0.25, -0.2) is 27.2 Å². The average Bonchev–Trinajstić information content (AvgIpc) is 2.97. The largest absolute Gasteiger partial charge is 0.347 e. The van der Waals surface area contributed by atoms with Crippen LogP contribution < -0.4 is 5.69 Å². The summed E-state index contributed by atoms with van der Waals surface area (Å²) in [7, 11) is -3.22. The van der Waals surface area contributed by atoms with E-state index in [4.69, 9.17) is 0 Å². The van der Waals surface area contributed by atoms with Crippen LogP contribution in [0.3, 0.4) is 0 Å². The molecule has 1 aromatic carbocycles. The van der Waals surface area contributed by atoms with E-state index in [9.17, 15) is 13.2 Å². The minimum absolute atomic E-state index is 0.0891. The summed E-state index contributed by atoms with van der Waals surface area (Å²) >= 11 is 0. The van der Waals surface area contributed by atoms with Gasteiger partial charge in [-0.15, -0.1) is 0 Å². The fraction of sp³-hybridized carbons (Fsp3) is 0.467. The molecule has 1 atom stereocenters. The molecule has 0 saturated carbocycles. The molecule has 0 spiro atoms. The van der Waals surface area contributed by atoms with Crippen LogP contribution in [0.5, 0.6) is 0 Å². The second kappa shape index (κ2) is 6.29. The summed E-state index contributed by atoms with van der Waals surface area (Å²) in [5, 5.41) is 6.65. The van der Waals surface area contributed by atoms with Crippen molar-refractivity contribution in [3.63, 3.8) is 0 Å². The highest BCUT2D eigenvalue weighted by atomic mass is 32.2. The molecule has 2 heterocycles. The van der Waals surface area contributed by atoms with Crippen molar-refractivity contribution in [1.29, 1.82) is 0 Å². The van der Waals surface area contributed by atoms with Crippen LogP contribution in [-0.2, 0) is 10.0 Å². The Labute approximate surface area is 135 Å². The first kappa shape index (κ1) is 15.9. The first-order valence-electron chi connectivity index (χ1n) is 7.73. The van der Waals surface area contributed by atoms with Crippen LogP contribution >= 0.6 is 0 Å². The highest BCUT2D eigenvalue weighted by Gasteiger charge is 2.31. The number of H-pyrrole nitrogens is 1.